The van der Waals surface area contributed by atoms with Crippen molar-refractivity contribution in [1.29, 1.82) is 0 Å². The molecule has 1 aromatic rings. The van der Waals surface area contributed by atoms with Crippen LogP contribution in [0.1, 0.15) is 19.3 Å². The SMILES string of the molecule is Cn1ncnc1NC(=O)NC1(C(=O)O)CCC1. The van der Waals surface area contributed by atoms with E-state index in [0.717, 1.165) is 6.42 Å². The monoisotopic (exact) mass is 239 g/mol. The number of hydrogen-bond acceptors (Lipinski definition) is 4. The largest absolute Gasteiger partial charge is 0.480 e. The number of carbonyl (C=O) groups excluding carboxylic acids is 1. The van der Waals surface area contributed by atoms with Crippen LogP contribution in [0, 0.1) is 0 Å². The van der Waals surface area contributed by atoms with E-state index in [1.165, 1.54) is 11.0 Å². The Morgan fingerprint density at radius 2 is 2.24 bits per heavy atom. The Kier molecular flexibility index (Phi) is 2.70. The lowest BCUT2D eigenvalue weighted by atomic mass is 9.77. The van der Waals surface area contributed by atoms with Gasteiger partial charge in [0, 0.05) is 7.05 Å². The van der Waals surface area contributed by atoms with Crippen LogP contribution in [0.5, 0.6) is 0 Å². The highest BCUT2D eigenvalue weighted by atomic mass is 16.4. The zero-order valence-corrected chi connectivity index (χ0v) is 9.30. The van der Waals surface area contributed by atoms with E-state index in [1.807, 2.05) is 0 Å². The van der Waals surface area contributed by atoms with Gasteiger partial charge in [-0.25, -0.2) is 14.3 Å². The number of anilines is 1. The minimum Gasteiger partial charge on any atom is -0.480 e. The summed E-state index contributed by atoms with van der Waals surface area (Å²) in [5.41, 5.74) is -1.12. The summed E-state index contributed by atoms with van der Waals surface area (Å²) in [4.78, 5) is 26.4. The van der Waals surface area contributed by atoms with Crippen molar-refractivity contribution in [2.24, 2.45) is 7.05 Å². The molecule has 0 aromatic carbocycles. The average Bonchev–Trinajstić information content (AvgIpc) is 2.58. The number of aromatic nitrogens is 3. The molecule has 0 unspecified atom stereocenters. The number of nitrogens with one attached hydrogen (secondary N) is 2. The van der Waals surface area contributed by atoms with Gasteiger partial charge < -0.3 is 10.4 Å². The van der Waals surface area contributed by atoms with Gasteiger partial charge in [-0.15, -0.1) is 0 Å². The highest BCUT2D eigenvalue weighted by Crippen LogP contribution is 2.31. The van der Waals surface area contributed by atoms with Crippen LogP contribution in [0.4, 0.5) is 10.7 Å². The molecule has 1 fully saturated rings. The smallest absolute Gasteiger partial charge is 0.329 e. The maximum Gasteiger partial charge on any atom is 0.329 e. The number of carboxylic acids is 1. The highest BCUT2D eigenvalue weighted by Gasteiger charge is 2.45. The van der Waals surface area contributed by atoms with E-state index in [2.05, 4.69) is 20.7 Å². The van der Waals surface area contributed by atoms with Crippen molar-refractivity contribution in [3.05, 3.63) is 6.33 Å². The fourth-order valence-corrected chi connectivity index (χ4v) is 1.68. The van der Waals surface area contributed by atoms with Gasteiger partial charge in [0.2, 0.25) is 5.95 Å². The van der Waals surface area contributed by atoms with Gasteiger partial charge in [-0.1, -0.05) is 0 Å². The molecular formula is C9H13N5O3. The van der Waals surface area contributed by atoms with Crippen molar-refractivity contribution in [2.45, 2.75) is 24.8 Å². The summed E-state index contributed by atoms with van der Waals surface area (Å²) >= 11 is 0. The van der Waals surface area contributed by atoms with Gasteiger partial charge >= 0.3 is 12.0 Å². The lowest BCUT2D eigenvalue weighted by Crippen LogP contribution is -2.60. The minimum absolute atomic E-state index is 0.266. The van der Waals surface area contributed by atoms with Gasteiger partial charge in [-0.05, 0) is 19.3 Å². The molecule has 0 bridgehead atoms. The third-order valence-electron chi connectivity index (χ3n) is 2.91. The van der Waals surface area contributed by atoms with Crippen LogP contribution in [0.2, 0.25) is 0 Å². The fraction of sp³-hybridized carbons (Fsp3) is 0.556. The van der Waals surface area contributed by atoms with Crippen LogP contribution >= 0.6 is 0 Å². The molecule has 0 spiro atoms. The molecule has 3 N–H and O–H groups in total. The number of urea groups is 1. The number of aliphatic carboxylic acids is 1. The zero-order chi connectivity index (χ0) is 12.5. The molecule has 2 rings (SSSR count). The first kappa shape index (κ1) is 11.4. The number of carbonyl (C=O) groups is 2. The molecule has 1 heterocycles. The number of aryl methyl sites for hydroxylation is 1. The molecular weight excluding hydrogens is 226 g/mol. The van der Waals surface area contributed by atoms with Crippen molar-refractivity contribution in [3.63, 3.8) is 0 Å². The summed E-state index contributed by atoms with van der Waals surface area (Å²) in [6, 6.07) is -0.580. The van der Waals surface area contributed by atoms with Crippen LogP contribution in [-0.4, -0.2) is 37.4 Å². The molecule has 1 aliphatic rings. The summed E-state index contributed by atoms with van der Waals surface area (Å²) in [6.45, 7) is 0. The van der Waals surface area contributed by atoms with Crippen molar-refractivity contribution in [3.8, 4) is 0 Å². The molecule has 0 atom stereocenters. The zero-order valence-electron chi connectivity index (χ0n) is 9.30. The highest BCUT2D eigenvalue weighted by molar-refractivity contribution is 5.93. The predicted octanol–water partition coefficient (Wildman–Crippen LogP) is -0.0561. The van der Waals surface area contributed by atoms with Crippen molar-refractivity contribution in [1.82, 2.24) is 20.1 Å². The Morgan fingerprint density at radius 3 is 2.65 bits per heavy atom. The predicted molar refractivity (Wildman–Crippen MR) is 57.4 cm³/mol. The summed E-state index contributed by atoms with van der Waals surface area (Å²) in [7, 11) is 1.62. The lowest BCUT2D eigenvalue weighted by Gasteiger charge is -2.37. The van der Waals surface area contributed by atoms with Crippen LogP contribution in [0.25, 0.3) is 0 Å². The molecule has 1 aromatic heterocycles. The van der Waals surface area contributed by atoms with E-state index < -0.39 is 17.5 Å². The first-order valence-corrected chi connectivity index (χ1v) is 5.20. The Balaban J connectivity index is 1.98. The van der Waals surface area contributed by atoms with E-state index in [4.69, 9.17) is 5.11 Å². The van der Waals surface area contributed by atoms with E-state index in [0.29, 0.717) is 12.8 Å². The Labute approximate surface area is 97.0 Å². The van der Waals surface area contributed by atoms with E-state index in [1.54, 1.807) is 7.05 Å². The maximum atomic E-state index is 11.6. The molecule has 1 saturated carbocycles. The van der Waals surface area contributed by atoms with Gasteiger partial charge in [0.15, 0.2) is 0 Å². The summed E-state index contributed by atoms with van der Waals surface area (Å²) < 4.78 is 1.38. The molecule has 0 radical (unpaired) electrons. The molecule has 0 aliphatic heterocycles. The van der Waals surface area contributed by atoms with Crippen LogP contribution in [0.3, 0.4) is 0 Å². The van der Waals surface area contributed by atoms with Crippen LogP contribution in [-0.2, 0) is 11.8 Å². The van der Waals surface area contributed by atoms with Gasteiger partial charge in [0.05, 0.1) is 0 Å². The molecule has 92 valence electrons. The van der Waals surface area contributed by atoms with Crippen LogP contribution in [0.15, 0.2) is 6.33 Å². The summed E-state index contributed by atoms with van der Waals surface area (Å²) in [6.07, 6.45) is 3.01. The number of nitrogens with zero attached hydrogens (tertiary/aromatic N) is 3. The minimum atomic E-state index is -1.12. The second-order valence-electron chi connectivity index (χ2n) is 4.03. The van der Waals surface area contributed by atoms with Gasteiger partial charge in [0.1, 0.15) is 11.9 Å². The molecule has 8 nitrogen and oxygen atoms in total. The fourth-order valence-electron chi connectivity index (χ4n) is 1.68. The van der Waals surface area contributed by atoms with Crippen molar-refractivity contribution in [2.75, 3.05) is 5.32 Å². The number of amides is 2. The van der Waals surface area contributed by atoms with E-state index in [-0.39, 0.29) is 5.95 Å². The standard InChI is InChI=1S/C9H13N5O3/c1-14-7(10-5-11-14)12-8(17)13-9(6(15)16)3-2-4-9/h5H,2-4H2,1H3,(H,15,16)(H2,10,11,12,13,17). The lowest BCUT2D eigenvalue weighted by molar-refractivity contribution is -0.148. The van der Waals surface area contributed by atoms with Crippen molar-refractivity contribution < 1.29 is 14.7 Å². The molecule has 1 aliphatic carbocycles. The summed E-state index contributed by atoms with van der Waals surface area (Å²) in [5.74, 6) is -0.737. The quantitative estimate of drug-likeness (QED) is 0.684. The molecule has 8 heteroatoms. The normalized spacial score (nSPS) is 17.0. The first-order chi connectivity index (χ1) is 8.03. The number of carboxylic acid groups (broad SMARTS) is 1. The van der Waals surface area contributed by atoms with E-state index in [9.17, 15) is 9.59 Å². The third-order valence-corrected chi connectivity index (χ3v) is 2.91. The van der Waals surface area contributed by atoms with Crippen molar-refractivity contribution >= 4 is 17.9 Å². The average molecular weight is 239 g/mol. The Bertz CT molecular complexity index is 451. The van der Waals surface area contributed by atoms with Crippen LogP contribution < -0.4 is 10.6 Å². The molecule has 17 heavy (non-hydrogen) atoms. The first-order valence-electron chi connectivity index (χ1n) is 5.20. The van der Waals surface area contributed by atoms with Gasteiger partial charge in [-0.2, -0.15) is 10.1 Å². The maximum absolute atomic E-state index is 11.6. The summed E-state index contributed by atoms with van der Waals surface area (Å²) in [5, 5.41) is 17.7. The second-order valence-corrected chi connectivity index (χ2v) is 4.03. The second kappa shape index (κ2) is 4.04. The van der Waals surface area contributed by atoms with E-state index >= 15 is 0 Å². The Morgan fingerprint density at radius 1 is 1.53 bits per heavy atom. The molecule has 2 amide bonds. The number of hydrogen-bond donors (Lipinski definition) is 3. The van der Waals surface area contributed by atoms with Gasteiger partial charge in [0.25, 0.3) is 0 Å². The Hall–Kier alpha value is -2.12. The molecule has 0 saturated heterocycles. The van der Waals surface area contributed by atoms with Gasteiger partial charge in [-0.3, -0.25) is 5.32 Å². The third kappa shape index (κ3) is 2.05. The number of rotatable bonds is 3. The topological polar surface area (TPSA) is 109 Å².